The van der Waals surface area contributed by atoms with Crippen LogP contribution in [0.25, 0.3) is 0 Å². The topological polar surface area (TPSA) is 82.7 Å². The Labute approximate surface area is 167 Å². The van der Waals surface area contributed by atoms with Gasteiger partial charge in [-0.3, -0.25) is 9.69 Å². The number of hydrogen-bond acceptors (Lipinski definition) is 4. The SMILES string of the molecule is CC(=O)Nc1ccc(C)c(NC(=O)NCC2(N3CCOCC3)CCCCC2)c1. The normalized spacial score (nSPS) is 19.6. The molecule has 0 radical (unpaired) electrons. The highest BCUT2D eigenvalue weighted by Gasteiger charge is 2.38. The molecule has 1 aliphatic carbocycles. The second-order valence-corrected chi connectivity index (χ2v) is 7.90. The van der Waals surface area contributed by atoms with Crippen LogP contribution >= 0.6 is 0 Å². The molecule has 1 heterocycles. The molecule has 7 nitrogen and oxygen atoms in total. The zero-order valence-electron chi connectivity index (χ0n) is 17.0. The smallest absolute Gasteiger partial charge is 0.319 e. The number of morpholine rings is 1. The summed E-state index contributed by atoms with van der Waals surface area (Å²) in [6.45, 7) is 7.44. The molecule has 1 aromatic rings. The molecule has 0 atom stereocenters. The fraction of sp³-hybridized carbons (Fsp3) is 0.619. The van der Waals surface area contributed by atoms with Crippen molar-refractivity contribution in [1.29, 1.82) is 0 Å². The molecule has 2 fully saturated rings. The fourth-order valence-electron chi connectivity index (χ4n) is 4.30. The van der Waals surface area contributed by atoms with Gasteiger partial charge in [0.15, 0.2) is 0 Å². The first-order chi connectivity index (χ1) is 13.5. The molecule has 154 valence electrons. The van der Waals surface area contributed by atoms with E-state index in [2.05, 4.69) is 20.9 Å². The maximum atomic E-state index is 12.6. The van der Waals surface area contributed by atoms with Crippen molar-refractivity contribution >= 4 is 23.3 Å². The Morgan fingerprint density at radius 3 is 2.50 bits per heavy atom. The molecule has 3 rings (SSSR count). The third kappa shape index (κ3) is 5.23. The zero-order chi connectivity index (χ0) is 20.0. The van der Waals surface area contributed by atoms with Crippen LogP contribution in [0.15, 0.2) is 18.2 Å². The molecule has 1 saturated carbocycles. The molecule has 3 N–H and O–H groups in total. The van der Waals surface area contributed by atoms with E-state index in [0.29, 0.717) is 17.9 Å². The number of ether oxygens (including phenoxy) is 1. The minimum absolute atomic E-state index is 0.0342. The second-order valence-electron chi connectivity index (χ2n) is 7.90. The van der Waals surface area contributed by atoms with Gasteiger partial charge in [-0.1, -0.05) is 25.3 Å². The van der Waals surface area contributed by atoms with E-state index in [9.17, 15) is 9.59 Å². The van der Waals surface area contributed by atoms with Crippen LogP contribution in [-0.4, -0.2) is 55.2 Å². The molecular weight excluding hydrogens is 356 g/mol. The van der Waals surface area contributed by atoms with Crippen molar-refractivity contribution in [2.75, 3.05) is 43.5 Å². The quantitative estimate of drug-likeness (QED) is 0.724. The molecule has 0 unspecified atom stereocenters. The van der Waals surface area contributed by atoms with Gasteiger partial charge in [0.2, 0.25) is 5.91 Å². The average molecular weight is 389 g/mol. The molecular formula is C21H32N4O3. The molecule has 0 spiro atoms. The van der Waals surface area contributed by atoms with E-state index in [1.54, 1.807) is 6.07 Å². The van der Waals surface area contributed by atoms with E-state index in [0.717, 1.165) is 44.7 Å². The molecule has 7 heteroatoms. The van der Waals surface area contributed by atoms with Crippen molar-refractivity contribution in [2.24, 2.45) is 0 Å². The Kier molecular flexibility index (Phi) is 6.91. The fourth-order valence-corrected chi connectivity index (χ4v) is 4.30. The molecule has 1 aromatic carbocycles. The van der Waals surface area contributed by atoms with Gasteiger partial charge < -0.3 is 20.7 Å². The number of carbonyl (C=O) groups excluding carboxylic acids is 2. The molecule has 1 aliphatic heterocycles. The van der Waals surface area contributed by atoms with Crippen LogP contribution in [0.3, 0.4) is 0 Å². The Morgan fingerprint density at radius 1 is 1.11 bits per heavy atom. The van der Waals surface area contributed by atoms with Crippen molar-refractivity contribution in [2.45, 2.75) is 51.5 Å². The summed E-state index contributed by atoms with van der Waals surface area (Å²) >= 11 is 0. The number of anilines is 2. The lowest BCUT2D eigenvalue weighted by molar-refractivity contribution is -0.114. The van der Waals surface area contributed by atoms with Crippen LogP contribution < -0.4 is 16.0 Å². The summed E-state index contributed by atoms with van der Waals surface area (Å²) in [6.07, 6.45) is 5.92. The standard InChI is InChI=1S/C21H32N4O3/c1-16-6-7-18(23-17(2)26)14-19(16)24-20(27)22-15-21(8-4-3-5-9-21)25-10-12-28-13-11-25/h6-7,14H,3-5,8-13,15H2,1-2H3,(H,23,26)(H2,22,24,27). The monoisotopic (exact) mass is 388 g/mol. The van der Waals surface area contributed by atoms with Crippen molar-refractivity contribution in [3.8, 4) is 0 Å². The van der Waals surface area contributed by atoms with Gasteiger partial charge in [0.05, 0.1) is 13.2 Å². The first-order valence-corrected chi connectivity index (χ1v) is 10.2. The van der Waals surface area contributed by atoms with Crippen LogP contribution in [-0.2, 0) is 9.53 Å². The summed E-state index contributed by atoms with van der Waals surface area (Å²) in [7, 11) is 0. The van der Waals surface area contributed by atoms with E-state index >= 15 is 0 Å². The summed E-state index contributed by atoms with van der Waals surface area (Å²) in [5, 5.41) is 8.79. The average Bonchev–Trinajstić information content (AvgIpc) is 2.70. The second kappa shape index (κ2) is 9.39. The largest absolute Gasteiger partial charge is 0.379 e. The van der Waals surface area contributed by atoms with Crippen LogP contribution in [0.4, 0.5) is 16.2 Å². The van der Waals surface area contributed by atoms with E-state index < -0.39 is 0 Å². The van der Waals surface area contributed by atoms with E-state index in [1.165, 1.54) is 26.2 Å². The third-order valence-electron chi connectivity index (χ3n) is 5.85. The van der Waals surface area contributed by atoms with Crippen LogP contribution in [0.1, 0.15) is 44.6 Å². The zero-order valence-corrected chi connectivity index (χ0v) is 17.0. The van der Waals surface area contributed by atoms with Crippen molar-refractivity contribution in [3.63, 3.8) is 0 Å². The van der Waals surface area contributed by atoms with E-state index in [-0.39, 0.29) is 17.5 Å². The van der Waals surface area contributed by atoms with Gasteiger partial charge in [-0.15, -0.1) is 0 Å². The Bertz CT molecular complexity index is 695. The molecule has 0 aromatic heterocycles. The van der Waals surface area contributed by atoms with Gasteiger partial charge in [0.25, 0.3) is 0 Å². The number of aryl methyl sites for hydroxylation is 1. The van der Waals surface area contributed by atoms with Crippen molar-refractivity contribution in [3.05, 3.63) is 23.8 Å². The summed E-state index contributed by atoms with van der Waals surface area (Å²) in [5.41, 5.74) is 2.36. The Balaban J connectivity index is 1.62. The molecule has 3 amide bonds. The number of carbonyl (C=O) groups is 2. The lowest BCUT2D eigenvalue weighted by atomic mass is 9.80. The highest BCUT2D eigenvalue weighted by Crippen LogP contribution is 2.34. The molecule has 28 heavy (non-hydrogen) atoms. The van der Waals surface area contributed by atoms with Gasteiger partial charge in [0.1, 0.15) is 0 Å². The number of amides is 3. The number of benzene rings is 1. The van der Waals surface area contributed by atoms with Crippen LogP contribution in [0.5, 0.6) is 0 Å². The highest BCUT2D eigenvalue weighted by atomic mass is 16.5. The number of nitrogens with zero attached hydrogens (tertiary/aromatic N) is 1. The van der Waals surface area contributed by atoms with E-state index in [4.69, 9.17) is 4.74 Å². The summed E-state index contributed by atoms with van der Waals surface area (Å²) in [6, 6.07) is 5.29. The predicted molar refractivity (Wildman–Crippen MR) is 111 cm³/mol. The lowest BCUT2D eigenvalue weighted by Gasteiger charge is -2.48. The van der Waals surface area contributed by atoms with Crippen molar-refractivity contribution in [1.82, 2.24) is 10.2 Å². The summed E-state index contributed by atoms with van der Waals surface area (Å²) in [4.78, 5) is 26.4. The van der Waals surface area contributed by atoms with Crippen LogP contribution in [0, 0.1) is 6.92 Å². The summed E-state index contributed by atoms with van der Waals surface area (Å²) < 4.78 is 5.52. The summed E-state index contributed by atoms with van der Waals surface area (Å²) in [5.74, 6) is -0.135. The number of urea groups is 1. The maximum Gasteiger partial charge on any atom is 0.319 e. The van der Waals surface area contributed by atoms with Crippen LogP contribution in [0.2, 0.25) is 0 Å². The Morgan fingerprint density at radius 2 is 1.82 bits per heavy atom. The molecule has 2 aliphatic rings. The first-order valence-electron chi connectivity index (χ1n) is 10.2. The molecule has 1 saturated heterocycles. The van der Waals surface area contributed by atoms with Gasteiger partial charge in [-0.25, -0.2) is 4.79 Å². The first kappa shape index (κ1) is 20.6. The number of nitrogens with one attached hydrogen (secondary N) is 3. The molecule has 0 bridgehead atoms. The minimum Gasteiger partial charge on any atom is -0.379 e. The highest BCUT2D eigenvalue weighted by molar-refractivity contribution is 5.93. The minimum atomic E-state index is -0.207. The number of rotatable bonds is 5. The Hall–Kier alpha value is -2.12. The number of hydrogen-bond donors (Lipinski definition) is 3. The predicted octanol–water partition coefficient (Wildman–Crippen LogP) is 3.11. The van der Waals surface area contributed by atoms with Gasteiger partial charge in [-0.05, 0) is 37.5 Å². The van der Waals surface area contributed by atoms with Gasteiger partial charge in [-0.2, -0.15) is 0 Å². The van der Waals surface area contributed by atoms with E-state index in [1.807, 2.05) is 19.1 Å². The third-order valence-corrected chi connectivity index (χ3v) is 5.85. The van der Waals surface area contributed by atoms with Crippen molar-refractivity contribution < 1.29 is 14.3 Å². The maximum absolute atomic E-state index is 12.6. The van der Waals surface area contributed by atoms with Gasteiger partial charge in [0, 0.05) is 43.5 Å². The lowest BCUT2D eigenvalue weighted by Crippen LogP contribution is -2.60. The van der Waals surface area contributed by atoms with Gasteiger partial charge >= 0.3 is 6.03 Å².